The number of hydrogen-bond donors (Lipinski definition) is 1. The maximum absolute atomic E-state index is 12.8. The third kappa shape index (κ3) is 59.2. The highest BCUT2D eigenvalue weighted by Gasteiger charge is 2.26. The number of hydrogen-bond acceptors (Lipinski definition) is 6. The van der Waals surface area contributed by atoms with E-state index in [1.165, 1.54) is 218 Å². The highest BCUT2D eigenvalue weighted by molar-refractivity contribution is 7.47. The van der Waals surface area contributed by atoms with Gasteiger partial charge in [-0.25, -0.2) is 4.57 Å². The Morgan fingerprint density at radius 2 is 0.775 bits per heavy atom. The summed E-state index contributed by atoms with van der Waals surface area (Å²) in [5, 5.41) is 0. The second kappa shape index (κ2) is 54.7. The molecule has 0 fully saturated rings. The Bertz CT molecular complexity index is 1280. The van der Waals surface area contributed by atoms with E-state index in [2.05, 4.69) is 62.5 Å². The van der Waals surface area contributed by atoms with E-state index < -0.39 is 13.9 Å². The number of quaternary nitrogens is 1. The average Bonchev–Trinajstić information content (AvgIpc) is 3.33. The normalized spacial score (nSPS) is 13.7. The predicted octanol–water partition coefficient (Wildman–Crippen LogP) is 19.4. The van der Waals surface area contributed by atoms with Gasteiger partial charge in [0.1, 0.15) is 19.3 Å². The van der Waals surface area contributed by atoms with Crippen LogP contribution in [0.3, 0.4) is 0 Å². The smallest absolute Gasteiger partial charge is 0.457 e. The number of allylic oxidation sites excluding steroid dienone is 8. The van der Waals surface area contributed by atoms with E-state index in [-0.39, 0.29) is 25.8 Å². The average molecular weight is 1020 g/mol. The number of phosphoric acid groups is 1. The maximum atomic E-state index is 12.8. The van der Waals surface area contributed by atoms with Crippen molar-refractivity contribution in [3.63, 3.8) is 0 Å². The van der Waals surface area contributed by atoms with E-state index in [1.807, 2.05) is 21.1 Å². The van der Waals surface area contributed by atoms with Gasteiger partial charge in [-0.15, -0.1) is 0 Å². The molecule has 0 saturated heterocycles. The molecule has 2 unspecified atom stereocenters. The summed E-state index contributed by atoms with van der Waals surface area (Å²) >= 11 is 0. The molecule has 418 valence electrons. The van der Waals surface area contributed by atoms with Gasteiger partial charge in [0.25, 0.3) is 0 Å². The summed E-state index contributed by atoms with van der Waals surface area (Å²) in [7, 11) is 1.67. The van der Waals surface area contributed by atoms with Gasteiger partial charge < -0.3 is 18.9 Å². The summed E-state index contributed by atoms with van der Waals surface area (Å²) in [6.07, 6.45) is 70.4. The molecule has 0 aliphatic rings. The zero-order valence-corrected chi connectivity index (χ0v) is 48.6. The lowest BCUT2D eigenvalue weighted by Gasteiger charge is -2.24. The lowest BCUT2D eigenvalue weighted by atomic mass is 10.0. The van der Waals surface area contributed by atoms with Gasteiger partial charge in [-0.2, -0.15) is 0 Å². The number of likely N-dealkylation sites (N-methyl/N-ethyl adjacent to an activating group) is 1. The molecule has 0 bridgehead atoms. The van der Waals surface area contributed by atoms with Crippen molar-refractivity contribution in [3.8, 4) is 0 Å². The van der Waals surface area contributed by atoms with E-state index in [1.54, 1.807) is 0 Å². The van der Waals surface area contributed by atoms with Crippen LogP contribution in [0.2, 0.25) is 0 Å². The molecule has 0 aromatic rings. The molecule has 0 radical (unpaired) electrons. The summed E-state index contributed by atoms with van der Waals surface area (Å²) in [6, 6.07) is 0. The van der Waals surface area contributed by atoms with Crippen molar-refractivity contribution in [1.82, 2.24) is 0 Å². The number of carbonyl (C=O) groups excluding carboxylic acids is 1. The molecule has 0 spiro atoms. The minimum atomic E-state index is -4.29. The highest BCUT2D eigenvalue weighted by atomic mass is 31.2. The topological polar surface area (TPSA) is 91.3 Å². The zero-order valence-electron chi connectivity index (χ0n) is 47.7. The number of carbonyl (C=O) groups is 1. The Morgan fingerprint density at radius 3 is 1.14 bits per heavy atom. The van der Waals surface area contributed by atoms with Gasteiger partial charge in [0.15, 0.2) is 0 Å². The fourth-order valence-corrected chi connectivity index (χ4v) is 9.42. The minimum absolute atomic E-state index is 0.0884. The van der Waals surface area contributed by atoms with E-state index in [4.69, 9.17) is 18.5 Å². The van der Waals surface area contributed by atoms with Crippen LogP contribution in [0, 0.1) is 0 Å². The predicted molar refractivity (Wildman–Crippen MR) is 307 cm³/mol. The Balaban J connectivity index is 4.04. The molecule has 0 aliphatic carbocycles. The van der Waals surface area contributed by atoms with Crippen molar-refractivity contribution < 1.29 is 37.3 Å². The van der Waals surface area contributed by atoms with Crippen LogP contribution >= 0.6 is 7.82 Å². The summed E-state index contributed by atoms with van der Waals surface area (Å²) in [5.74, 6) is -0.311. The molecular formula is C62H119NO7P+. The first-order chi connectivity index (χ1) is 34.6. The molecule has 0 saturated carbocycles. The number of rotatable bonds is 57. The van der Waals surface area contributed by atoms with Crippen molar-refractivity contribution in [1.29, 1.82) is 0 Å². The summed E-state index contributed by atoms with van der Waals surface area (Å²) in [5.41, 5.74) is 0. The standard InChI is InChI=1S/C62H118NO7P/c1-6-8-10-12-14-16-18-20-22-24-26-28-30-32-33-35-37-39-41-43-45-47-49-51-53-55-62(64)70-61(60-69-71(65,66)68-58-56-63(3,4)5)59-67-57-54-52-50-48-46-44-42-40-38-36-34-31-29-27-25-23-21-19-17-15-13-11-9-7-2/h18-21,24-27,61H,6-17,22-23,28-60H2,1-5H3/p+1/b20-18-,21-19-,26-24-,27-25-. The fraction of sp³-hybridized carbons (Fsp3) is 0.855. The fourth-order valence-electron chi connectivity index (χ4n) is 8.68. The van der Waals surface area contributed by atoms with Crippen LogP contribution < -0.4 is 0 Å². The first-order valence-electron chi connectivity index (χ1n) is 30.4. The SMILES string of the molecule is CCCCCCC/C=C\C/C=C\CCCCCCCCCCCCCCCC(=O)OC(COCCCCCCCCCCCCCC/C=C\C/C=C\CCCCCCC)COP(=O)(O)OCC[N+](C)(C)C. The van der Waals surface area contributed by atoms with Gasteiger partial charge >= 0.3 is 13.8 Å². The van der Waals surface area contributed by atoms with Gasteiger partial charge in [0.05, 0.1) is 34.4 Å². The van der Waals surface area contributed by atoms with Gasteiger partial charge in [-0.05, 0) is 77.0 Å². The van der Waals surface area contributed by atoms with Crippen LogP contribution in [-0.4, -0.2) is 75.6 Å². The molecule has 71 heavy (non-hydrogen) atoms. The molecule has 1 N–H and O–H groups in total. The summed E-state index contributed by atoms with van der Waals surface area (Å²) in [4.78, 5) is 23.1. The van der Waals surface area contributed by atoms with Crippen molar-refractivity contribution in [2.24, 2.45) is 0 Å². The van der Waals surface area contributed by atoms with E-state index in [9.17, 15) is 14.3 Å². The number of nitrogens with zero attached hydrogens (tertiary/aromatic N) is 1. The number of esters is 1. The largest absolute Gasteiger partial charge is 0.472 e. The third-order valence-electron chi connectivity index (χ3n) is 13.4. The van der Waals surface area contributed by atoms with Crippen LogP contribution in [0.1, 0.15) is 284 Å². The van der Waals surface area contributed by atoms with Gasteiger partial charge in [0, 0.05) is 13.0 Å². The molecule has 8 nitrogen and oxygen atoms in total. The highest BCUT2D eigenvalue weighted by Crippen LogP contribution is 2.43. The van der Waals surface area contributed by atoms with Gasteiger partial charge in [-0.3, -0.25) is 13.8 Å². The van der Waals surface area contributed by atoms with E-state index >= 15 is 0 Å². The maximum Gasteiger partial charge on any atom is 0.472 e. The van der Waals surface area contributed by atoms with Gasteiger partial charge in [-0.1, -0.05) is 249 Å². The Morgan fingerprint density at radius 1 is 0.437 bits per heavy atom. The van der Waals surface area contributed by atoms with E-state index in [0.29, 0.717) is 24.1 Å². The summed E-state index contributed by atoms with van der Waals surface area (Å²) in [6.45, 7) is 5.65. The molecule has 9 heteroatoms. The van der Waals surface area contributed by atoms with E-state index in [0.717, 1.165) is 44.9 Å². The Kier molecular flexibility index (Phi) is 53.5. The van der Waals surface area contributed by atoms with Crippen molar-refractivity contribution in [2.45, 2.75) is 290 Å². The molecule has 2 atom stereocenters. The number of phosphoric ester groups is 1. The lowest BCUT2D eigenvalue weighted by Crippen LogP contribution is -2.37. The Hall–Kier alpha value is -1.54. The van der Waals surface area contributed by atoms with Crippen LogP contribution in [0.15, 0.2) is 48.6 Å². The lowest BCUT2D eigenvalue weighted by molar-refractivity contribution is -0.870. The number of unbranched alkanes of at least 4 members (excludes halogenated alkanes) is 35. The van der Waals surface area contributed by atoms with Crippen LogP contribution in [0.25, 0.3) is 0 Å². The molecular weight excluding hydrogens is 902 g/mol. The first kappa shape index (κ1) is 69.5. The molecule has 0 aromatic heterocycles. The second-order valence-corrected chi connectivity index (χ2v) is 23.2. The quantitative estimate of drug-likeness (QED) is 0.0213. The monoisotopic (exact) mass is 1020 g/mol. The zero-order chi connectivity index (χ0) is 51.9. The number of ether oxygens (including phenoxy) is 2. The molecule has 0 aliphatic heterocycles. The van der Waals surface area contributed by atoms with Crippen LogP contribution in [-0.2, 0) is 27.9 Å². The van der Waals surface area contributed by atoms with Gasteiger partial charge in [0.2, 0.25) is 0 Å². The molecule has 0 aromatic carbocycles. The third-order valence-corrected chi connectivity index (χ3v) is 14.3. The molecule has 0 heterocycles. The van der Waals surface area contributed by atoms with Crippen molar-refractivity contribution in [3.05, 3.63) is 48.6 Å². The Labute approximate surface area is 441 Å². The summed E-state index contributed by atoms with van der Waals surface area (Å²) < 4.78 is 35.3. The second-order valence-electron chi connectivity index (χ2n) is 21.7. The first-order valence-corrected chi connectivity index (χ1v) is 31.9. The van der Waals surface area contributed by atoms with Crippen molar-refractivity contribution in [2.75, 3.05) is 54.1 Å². The van der Waals surface area contributed by atoms with Crippen LogP contribution in [0.5, 0.6) is 0 Å². The molecule has 0 amide bonds. The van der Waals surface area contributed by atoms with Crippen LogP contribution in [0.4, 0.5) is 0 Å². The minimum Gasteiger partial charge on any atom is -0.457 e. The molecule has 0 rings (SSSR count). The van der Waals surface area contributed by atoms with Crippen molar-refractivity contribution >= 4 is 13.8 Å².